The van der Waals surface area contributed by atoms with E-state index >= 15 is 4.39 Å². The maximum atomic E-state index is 15.0. The van der Waals surface area contributed by atoms with Crippen molar-refractivity contribution in [1.82, 2.24) is 23.8 Å². The number of hydrogen-bond donors (Lipinski definition) is 1. The Morgan fingerprint density at radius 2 is 1.93 bits per heavy atom. The van der Waals surface area contributed by atoms with Crippen molar-refractivity contribution in [2.24, 2.45) is 0 Å². The van der Waals surface area contributed by atoms with Gasteiger partial charge in [-0.1, -0.05) is 0 Å². The van der Waals surface area contributed by atoms with Crippen LogP contribution in [-0.2, 0) is 10.0 Å². The fourth-order valence-electron chi connectivity index (χ4n) is 5.75. The average molecular weight is 566 g/mol. The van der Waals surface area contributed by atoms with Gasteiger partial charge in [0.15, 0.2) is 5.82 Å². The van der Waals surface area contributed by atoms with Crippen LogP contribution in [0.25, 0.3) is 22.3 Å². The van der Waals surface area contributed by atoms with E-state index in [2.05, 4.69) is 38.6 Å². The molecule has 2 aliphatic rings. The van der Waals surface area contributed by atoms with Crippen molar-refractivity contribution in [2.45, 2.75) is 39.8 Å². The fraction of sp³-hybridized carbons (Fsp3) is 0.393. The van der Waals surface area contributed by atoms with Gasteiger partial charge in [-0.25, -0.2) is 27.8 Å². The molecule has 0 bridgehead atoms. The molecule has 0 spiro atoms. The maximum Gasteiger partial charge on any atom is 0.227 e. The Balaban J connectivity index is 1.28. The summed E-state index contributed by atoms with van der Waals surface area (Å²) in [5.74, 6) is 1.35. The van der Waals surface area contributed by atoms with Gasteiger partial charge >= 0.3 is 0 Å². The van der Waals surface area contributed by atoms with Crippen LogP contribution in [0.5, 0.6) is 5.75 Å². The summed E-state index contributed by atoms with van der Waals surface area (Å²) in [6.45, 7) is 9.95. The van der Waals surface area contributed by atoms with Gasteiger partial charge in [0.05, 0.1) is 35.2 Å². The number of fused-ring (bicyclic) bond motifs is 4. The van der Waals surface area contributed by atoms with E-state index in [1.165, 1.54) is 16.8 Å². The van der Waals surface area contributed by atoms with Gasteiger partial charge in [-0.2, -0.15) is 4.31 Å². The number of aryl methyl sites for hydroxylation is 2. The third kappa shape index (κ3) is 4.64. The Morgan fingerprint density at radius 3 is 2.67 bits per heavy atom. The quantitative estimate of drug-likeness (QED) is 0.379. The molecule has 0 saturated carbocycles. The van der Waals surface area contributed by atoms with E-state index in [9.17, 15) is 8.42 Å². The summed E-state index contributed by atoms with van der Waals surface area (Å²) < 4.78 is 48.7. The molecule has 1 N–H and O–H groups in total. The molecular formula is C28H32FN7O3S. The van der Waals surface area contributed by atoms with E-state index < -0.39 is 15.8 Å². The number of piperazine rings is 1. The first kappa shape index (κ1) is 26.5. The first-order chi connectivity index (χ1) is 19.0. The van der Waals surface area contributed by atoms with Crippen LogP contribution in [0.15, 0.2) is 36.5 Å². The second-order valence-electron chi connectivity index (χ2n) is 10.8. The minimum absolute atomic E-state index is 0.0469. The van der Waals surface area contributed by atoms with Crippen LogP contribution in [0.2, 0.25) is 0 Å². The van der Waals surface area contributed by atoms with Crippen LogP contribution >= 0.6 is 0 Å². The summed E-state index contributed by atoms with van der Waals surface area (Å²) in [5.41, 5.74) is 5.26. The number of rotatable bonds is 5. The van der Waals surface area contributed by atoms with Crippen molar-refractivity contribution >= 4 is 38.4 Å². The molecule has 40 heavy (non-hydrogen) atoms. The molecule has 2 aromatic heterocycles. The summed E-state index contributed by atoms with van der Waals surface area (Å²) in [6.07, 6.45) is 2.41. The molecule has 2 aliphatic heterocycles. The second kappa shape index (κ2) is 9.70. The van der Waals surface area contributed by atoms with Crippen LogP contribution in [0.1, 0.15) is 31.3 Å². The molecule has 4 heterocycles. The van der Waals surface area contributed by atoms with Gasteiger partial charge in [0.1, 0.15) is 23.9 Å². The predicted molar refractivity (Wildman–Crippen MR) is 153 cm³/mol. The SMILES string of the molecule is Cc1cc(-c2nc(Nc3ccc4c(c3)OCC3CN(S(C)(=O)=O)CCN43)ncc2F)cc2c1nc(C)n2C(C)C. The van der Waals surface area contributed by atoms with Crippen LogP contribution in [0, 0.1) is 19.7 Å². The van der Waals surface area contributed by atoms with E-state index in [-0.39, 0.29) is 23.7 Å². The number of imidazole rings is 1. The fourth-order valence-corrected chi connectivity index (χ4v) is 6.60. The number of hydrogen-bond acceptors (Lipinski definition) is 8. The highest BCUT2D eigenvalue weighted by Gasteiger charge is 2.35. The molecule has 1 atom stereocenters. The van der Waals surface area contributed by atoms with Gasteiger partial charge in [0, 0.05) is 43.0 Å². The van der Waals surface area contributed by atoms with Crippen LogP contribution in [0.3, 0.4) is 0 Å². The molecule has 10 nitrogen and oxygen atoms in total. The topological polar surface area (TPSA) is 105 Å². The van der Waals surface area contributed by atoms with Gasteiger partial charge in [-0.05, 0) is 57.5 Å². The Kier molecular flexibility index (Phi) is 6.42. The lowest BCUT2D eigenvalue weighted by molar-refractivity contribution is 0.216. The van der Waals surface area contributed by atoms with E-state index in [4.69, 9.17) is 9.72 Å². The molecule has 6 rings (SSSR count). The first-order valence-corrected chi connectivity index (χ1v) is 15.1. The molecule has 2 aromatic carbocycles. The van der Waals surface area contributed by atoms with Gasteiger partial charge in [-0.3, -0.25) is 0 Å². The number of ether oxygens (including phenoxy) is 1. The highest BCUT2D eigenvalue weighted by Crippen LogP contribution is 2.38. The van der Waals surface area contributed by atoms with E-state index in [1.807, 2.05) is 44.2 Å². The number of benzene rings is 2. The third-order valence-electron chi connectivity index (χ3n) is 7.57. The molecule has 1 unspecified atom stereocenters. The minimum atomic E-state index is -3.24. The minimum Gasteiger partial charge on any atom is -0.489 e. The molecule has 210 valence electrons. The smallest absolute Gasteiger partial charge is 0.227 e. The molecule has 0 radical (unpaired) electrons. The Hall–Kier alpha value is -3.77. The lowest BCUT2D eigenvalue weighted by Gasteiger charge is -2.44. The first-order valence-electron chi connectivity index (χ1n) is 13.3. The lowest BCUT2D eigenvalue weighted by Crippen LogP contribution is -2.58. The Labute approximate surface area is 232 Å². The summed E-state index contributed by atoms with van der Waals surface area (Å²) in [4.78, 5) is 15.6. The van der Waals surface area contributed by atoms with Gasteiger partial charge in [0.2, 0.25) is 16.0 Å². The van der Waals surface area contributed by atoms with Crippen molar-refractivity contribution in [3.63, 3.8) is 0 Å². The normalized spacial score (nSPS) is 17.6. The summed E-state index contributed by atoms with van der Waals surface area (Å²) in [5, 5.41) is 3.18. The molecule has 0 aliphatic carbocycles. The summed E-state index contributed by atoms with van der Waals surface area (Å²) in [7, 11) is -3.24. The number of anilines is 3. The zero-order chi connectivity index (χ0) is 28.3. The molecule has 12 heteroatoms. The average Bonchev–Trinajstić information content (AvgIpc) is 3.25. The third-order valence-corrected chi connectivity index (χ3v) is 8.84. The van der Waals surface area contributed by atoms with Crippen LogP contribution in [0.4, 0.5) is 21.7 Å². The van der Waals surface area contributed by atoms with Gasteiger partial charge < -0.3 is 19.5 Å². The van der Waals surface area contributed by atoms with Crippen molar-refractivity contribution in [3.05, 3.63) is 53.7 Å². The monoisotopic (exact) mass is 565 g/mol. The maximum absolute atomic E-state index is 15.0. The molecule has 1 fully saturated rings. The second-order valence-corrected chi connectivity index (χ2v) is 12.7. The number of nitrogens with zero attached hydrogens (tertiary/aromatic N) is 6. The number of sulfonamides is 1. The van der Waals surface area contributed by atoms with Crippen molar-refractivity contribution < 1.29 is 17.5 Å². The largest absolute Gasteiger partial charge is 0.489 e. The van der Waals surface area contributed by atoms with Crippen LogP contribution in [-0.4, -0.2) is 70.8 Å². The van der Waals surface area contributed by atoms with Gasteiger partial charge in [-0.15, -0.1) is 0 Å². The Morgan fingerprint density at radius 1 is 1.12 bits per heavy atom. The number of nitrogens with one attached hydrogen (secondary N) is 1. The zero-order valence-electron chi connectivity index (χ0n) is 23.1. The summed E-state index contributed by atoms with van der Waals surface area (Å²) in [6, 6.07) is 9.69. The zero-order valence-corrected chi connectivity index (χ0v) is 24.0. The molecule has 4 aromatic rings. The predicted octanol–water partition coefficient (Wildman–Crippen LogP) is 4.42. The number of halogens is 1. The lowest BCUT2D eigenvalue weighted by atomic mass is 10.1. The molecule has 1 saturated heterocycles. The molecule has 0 amide bonds. The highest BCUT2D eigenvalue weighted by molar-refractivity contribution is 7.88. The van der Waals surface area contributed by atoms with Crippen molar-refractivity contribution in [3.8, 4) is 17.0 Å². The Bertz CT molecular complexity index is 1740. The van der Waals surface area contributed by atoms with Crippen LogP contribution < -0.4 is 15.0 Å². The summed E-state index contributed by atoms with van der Waals surface area (Å²) >= 11 is 0. The molecular weight excluding hydrogens is 533 g/mol. The standard InChI is InChI=1S/C28H32FN7O3S/c1-16(2)36-18(4)31-26-17(3)10-19(11-24(26)36)27-22(29)13-30-28(33-27)32-20-6-7-23-25(12-20)39-15-21-14-34(40(5,37)38)8-9-35(21)23/h6-7,10-13,16,21H,8-9,14-15H2,1-5H3,(H,30,32,33). The highest BCUT2D eigenvalue weighted by atomic mass is 32.2. The van der Waals surface area contributed by atoms with E-state index in [0.717, 1.165) is 28.1 Å². The van der Waals surface area contributed by atoms with Crippen molar-refractivity contribution in [2.75, 3.05) is 42.7 Å². The number of aromatic nitrogens is 4. The van der Waals surface area contributed by atoms with E-state index in [1.54, 1.807) is 0 Å². The van der Waals surface area contributed by atoms with E-state index in [0.29, 0.717) is 43.2 Å². The van der Waals surface area contributed by atoms with Crippen molar-refractivity contribution in [1.29, 1.82) is 0 Å². The van der Waals surface area contributed by atoms with Gasteiger partial charge in [0.25, 0.3) is 0 Å².